The molecule has 1 amide bonds. The van der Waals surface area contributed by atoms with Crippen LogP contribution < -0.4 is 5.56 Å². The van der Waals surface area contributed by atoms with Crippen molar-refractivity contribution in [2.24, 2.45) is 7.05 Å². The summed E-state index contributed by atoms with van der Waals surface area (Å²) < 4.78 is 6.74. The maximum Gasteiger partial charge on any atom is 0.261 e. The number of rotatable bonds is 11. The number of halogens is 1. The average molecular weight is 484 g/mol. The van der Waals surface area contributed by atoms with E-state index >= 15 is 0 Å². The Morgan fingerprint density at radius 1 is 1.15 bits per heavy atom. The van der Waals surface area contributed by atoms with Gasteiger partial charge in [0, 0.05) is 37.9 Å². The Morgan fingerprint density at radius 2 is 1.88 bits per heavy atom. The zero-order chi connectivity index (χ0) is 24.7. The lowest BCUT2D eigenvalue weighted by Gasteiger charge is -2.30. The number of aromatic nitrogens is 2. The van der Waals surface area contributed by atoms with Crippen molar-refractivity contribution in [3.05, 3.63) is 74.8 Å². The van der Waals surface area contributed by atoms with Crippen molar-refractivity contribution in [1.82, 2.24) is 14.5 Å². The predicted octanol–water partition coefficient (Wildman–Crippen LogP) is 5.56. The van der Waals surface area contributed by atoms with Crippen LogP contribution in [0, 0.1) is 0 Å². The van der Waals surface area contributed by atoms with E-state index in [9.17, 15) is 9.59 Å². The lowest BCUT2D eigenvalue weighted by atomic mass is 10.0. The van der Waals surface area contributed by atoms with Crippen LogP contribution >= 0.6 is 11.6 Å². The van der Waals surface area contributed by atoms with E-state index in [1.54, 1.807) is 37.3 Å². The second-order valence-electron chi connectivity index (χ2n) is 8.67. The number of ether oxygens (including phenoxy) is 1. The molecular weight excluding hydrogens is 450 g/mol. The quantitative estimate of drug-likeness (QED) is 0.335. The fourth-order valence-electron chi connectivity index (χ4n) is 4.18. The van der Waals surface area contributed by atoms with Crippen molar-refractivity contribution in [2.45, 2.75) is 52.0 Å². The van der Waals surface area contributed by atoms with Crippen molar-refractivity contribution in [1.29, 1.82) is 0 Å². The smallest absolute Gasteiger partial charge is 0.261 e. The zero-order valence-electron chi connectivity index (χ0n) is 20.5. The zero-order valence-corrected chi connectivity index (χ0v) is 21.3. The summed E-state index contributed by atoms with van der Waals surface area (Å²) in [6.45, 7) is 5.11. The van der Waals surface area contributed by atoms with Crippen LogP contribution in [-0.4, -0.2) is 40.6 Å². The van der Waals surface area contributed by atoms with Gasteiger partial charge in [0.1, 0.15) is 5.82 Å². The van der Waals surface area contributed by atoms with Crippen LogP contribution in [0.25, 0.3) is 10.9 Å². The van der Waals surface area contributed by atoms with Crippen LogP contribution in [0.2, 0.25) is 5.02 Å². The molecule has 2 aromatic carbocycles. The van der Waals surface area contributed by atoms with Gasteiger partial charge in [0.25, 0.3) is 11.5 Å². The Labute approximate surface area is 206 Å². The molecule has 1 atom stereocenters. The monoisotopic (exact) mass is 483 g/mol. The number of amides is 1. The Hall–Kier alpha value is -2.70. The number of hydrogen-bond donors (Lipinski definition) is 0. The molecule has 1 aromatic heterocycles. The van der Waals surface area contributed by atoms with E-state index in [4.69, 9.17) is 21.3 Å². The minimum absolute atomic E-state index is 0.0934. The van der Waals surface area contributed by atoms with Gasteiger partial charge in [-0.15, -0.1) is 0 Å². The molecule has 0 fully saturated rings. The number of aryl methyl sites for hydroxylation is 1. The molecule has 0 saturated heterocycles. The topological polar surface area (TPSA) is 64.4 Å². The number of benzene rings is 2. The number of carbonyl (C=O) groups excluding carboxylic acids is 1. The molecule has 0 saturated carbocycles. The van der Waals surface area contributed by atoms with E-state index in [1.165, 1.54) is 23.0 Å². The Kier molecular flexibility index (Phi) is 9.25. The SMILES string of the molecule is CCCCCc1ccc(C(=O)N(CCCOC)C(C)c2nc3cc(Cl)ccc3c(=O)n2C)cc1. The first-order valence-corrected chi connectivity index (χ1v) is 12.3. The summed E-state index contributed by atoms with van der Waals surface area (Å²) in [7, 11) is 3.34. The second-order valence-corrected chi connectivity index (χ2v) is 9.11. The highest BCUT2D eigenvalue weighted by atomic mass is 35.5. The van der Waals surface area contributed by atoms with Crippen LogP contribution in [0.4, 0.5) is 0 Å². The number of unbranched alkanes of at least 4 members (excludes halogenated alkanes) is 2. The molecule has 0 spiro atoms. The van der Waals surface area contributed by atoms with Crippen LogP contribution in [0.1, 0.15) is 67.3 Å². The van der Waals surface area contributed by atoms with Crippen molar-refractivity contribution < 1.29 is 9.53 Å². The van der Waals surface area contributed by atoms with E-state index < -0.39 is 6.04 Å². The summed E-state index contributed by atoms with van der Waals surface area (Å²) in [4.78, 5) is 33.1. The summed E-state index contributed by atoms with van der Waals surface area (Å²) in [5.41, 5.74) is 2.22. The Morgan fingerprint density at radius 3 is 2.56 bits per heavy atom. The summed E-state index contributed by atoms with van der Waals surface area (Å²) >= 11 is 6.15. The van der Waals surface area contributed by atoms with Gasteiger partial charge in [0.15, 0.2) is 0 Å². The van der Waals surface area contributed by atoms with Crippen LogP contribution in [-0.2, 0) is 18.2 Å². The first kappa shape index (κ1) is 25.9. The molecule has 182 valence electrons. The summed E-state index contributed by atoms with van der Waals surface area (Å²) in [6, 6.07) is 12.5. The van der Waals surface area contributed by atoms with Gasteiger partial charge >= 0.3 is 0 Å². The largest absolute Gasteiger partial charge is 0.385 e. The molecule has 0 aliphatic heterocycles. The molecule has 0 aliphatic carbocycles. The van der Waals surface area contributed by atoms with Gasteiger partial charge < -0.3 is 9.64 Å². The van der Waals surface area contributed by atoms with Crippen molar-refractivity contribution in [3.8, 4) is 0 Å². The van der Waals surface area contributed by atoms with Gasteiger partial charge in [0.05, 0.1) is 16.9 Å². The highest BCUT2D eigenvalue weighted by Crippen LogP contribution is 2.24. The third-order valence-corrected chi connectivity index (χ3v) is 6.43. The standard InChI is InChI=1S/C27H34ClN3O3/c1-5-6-7-9-20-10-12-21(13-11-20)26(32)31(16-8-17-34-4)19(2)25-29-24-18-22(28)14-15-23(24)27(33)30(25)3/h10-15,18-19H,5-9,16-17H2,1-4H3. The molecule has 1 heterocycles. The third-order valence-electron chi connectivity index (χ3n) is 6.19. The Balaban J connectivity index is 1.93. The summed E-state index contributed by atoms with van der Waals surface area (Å²) in [5.74, 6) is 0.422. The van der Waals surface area contributed by atoms with Crippen LogP contribution in [0.15, 0.2) is 47.3 Å². The molecule has 0 aliphatic rings. The minimum atomic E-state index is -0.422. The van der Waals surface area contributed by atoms with Gasteiger partial charge in [-0.25, -0.2) is 4.98 Å². The fraction of sp³-hybridized carbons (Fsp3) is 0.444. The molecule has 6 nitrogen and oxygen atoms in total. The number of carbonyl (C=O) groups is 1. The highest BCUT2D eigenvalue weighted by Gasteiger charge is 2.26. The molecule has 0 bridgehead atoms. The number of nitrogens with zero attached hydrogens (tertiary/aromatic N) is 3. The number of hydrogen-bond acceptors (Lipinski definition) is 4. The second kappa shape index (κ2) is 12.1. The maximum absolute atomic E-state index is 13.6. The average Bonchev–Trinajstić information content (AvgIpc) is 2.84. The van der Waals surface area contributed by atoms with Gasteiger partial charge in [-0.05, 0) is 62.1 Å². The first-order valence-electron chi connectivity index (χ1n) is 11.9. The predicted molar refractivity (Wildman–Crippen MR) is 138 cm³/mol. The maximum atomic E-state index is 13.6. The molecule has 1 unspecified atom stereocenters. The van der Waals surface area contributed by atoms with E-state index in [0.29, 0.717) is 46.9 Å². The third kappa shape index (κ3) is 6.05. The molecular formula is C27H34ClN3O3. The molecule has 0 radical (unpaired) electrons. The molecule has 0 N–H and O–H groups in total. The van der Waals surface area contributed by atoms with E-state index in [2.05, 4.69) is 6.92 Å². The lowest BCUT2D eigenvalue weighted by molar-refractivity contribution is 0.0656. The molecule has 34 heavy (non-hydrogen) atoms. The minimum Gasteiger partial charge on any atom is -0.385 e. The fourth-order valence-corrected chi connectivity index (χ4v) is 4.35. The van der Waals surface area contributed by atoms with Gasteiger partial charge in [0.2, 0.25) is 0 Å². The van der Waals surface area contributed by atoms with Crippen molar-refractivity contribution in [2.75, 3.05) is 20.3 Å². The number of fused-ring (bicyclic) bond motifs is 1. The van der Waals surface area contributed by atoms with E-state index in [-0.39, 0.29) is 11.5 Å². The van der Waals surface area contributed by atoms with E-state index in [1.807, 2.05) is 31.2 Å². The van der Waals surface area contributed by atoms with Crippen molar-refractivity contribution >= 4 is 28.4 Å². The highest BCUT2D eigenvalue weighted by molar-refractivity contribution is 6.31. The van der Waals surface area contributed by atoms with Gasteiger partial charge in [-0.1, -0.05) is 43.5 Å². The normalized spacial score (nSPS) is 12.1. The summed E-state index contributed by atoms with van der Waals surface area (Å²) in [5, 5.41) is 1.01. The summed E-state index contributed by atoms with van der Waals surface area (Å²) in [6.07, 6.45) is 5.23. The van der Waals surface area contributed by atoms with Crippen LogP contribution in [0.5, 0.6) is 0 Å². The van der Waals surface area contributed by atoms with E-state index in [0.717, 1.165) is 12.8 Å². The lowest BCUT2D eigenvalue weighted by Crippen LogP contribution is -2.38. The van der Waals surface area contributed by atoms with Crippen LogP contribution in [0.3, 0.4) is 0 Å². The molecule has 3 rings (SSSR count). The molecule has 3 aromatic rings. The Bertz CT molecular complexity index is 1170. The first-order chi connectivity index (χ1) is 16.4. The van der Waals surface area contributed by atoms with Gasteiger partial charge in [-0.3, -0.25) is 14.2 Å². The molecule has 7 heteroatoms. The van der Waals surface area contributed by atoms with Gasteiger partial charge in [-0.2, -0.15) is 0 Å². The number of methoxy groups -OCH3 is 1. The van der Waals surface area contributed by atoms with Crippen molar-refractivity contribution in [3.63, 3.8) is 0 Å².